The maximum atomic E-state index is 4.57. The highest BCUT2D eigenvalue weighted by Gasteiger charge is 2.17. The van der Waals surface area contributed by atoms with Crippen molar-refractivity contribution in [2.75, 3.05) is 45.2 Å². The quantitative estimate of drug-likeness (QED) is 0.835. The molecule has 3 rings (SSSR count). The molecule has 0 amide bonds. The second-order valence-corrected chi connectivity index (χ2v) is 6.55. The Morgan fingerprint density at radius 2 is 1.71 bits per heavy atom. The number of nitrogens with zero attached hydrogens (tertiary/aromatic N) is 6. The van der Waals surface area contributed by atoms with Crippen molar-refractivity contribution in [1.29, 1.82) is 0 Å². The van der Waals surface area contributed by atoms with E-state index >= 15 is 0 Å². The molecule has 128 valence electrons. The molecule has 3 heterocycles. The second kappa shape index (κ2) is 7.68. The van der Waals surface area contributed by atoms with E-state index in [-0.39, 0.29) is 0 Å². The number of likely N-dealkylation sites (N-methyl/N-ethyl adjacent to an activating group) is 1. The smallest absolute Gasteiger partial charge is 0.225 e. The predicted molar refractivity (Wildman–Crippen MR) is 95.9 cm³/mol. The number of pyridine rings is 1. The van der Waals surface area contributed by atoms with E-state index in [4.69, 9.17) is 0 Å². The van der Waals surface area contributed by atoms with Gasteiger partial charge in [-0.2, -0.15) is 0 Å². The van der Waals surface area contributed by atoms with E-state index in [1.807, 2.05) is 24.8 Å². The molecule has 1 aliphatic rings. The highest BCUT2D eigenvalue weighted by Crippen LogP contribution is 2.20. The Balaban J connectivity index is 1.59. The van der Waals surface area contributed by atoms with Gasteiger partial charge in [0.1, 0.15) is 0 Å². The number of piperazine rings is 1. The van der Waals surface area contributed by atoms with Gasteiger partial charge < -0.3 is 9.80 Å². The van der Waals surface area contributed by atoms with Gasteiger partial charge >= 0.3 is 0 Å². The Morgan fingerprint density at radius 3 is 2.33 bits per heavy atom. The lowest BCUT2D eigenvalue weighted by Gasteiger charge is -2.32. The molecule has 0 saturated carbocycles. The topological polar surface area (TPSA) is 48.4 Å². The number of hydrogen-bond donors (Lipinski definition) is 0. The highest BCUT2D eigenvalue weighted by atomic mass is 15.3. The molecule has 24 heavy (non-hydrogen) atoms. The summed E-state index contributed by atoms with van der Waals surface area (Å²) in [6.07, 6.45) is 7.59. The molecule has 0 radical (unpaired) electrons. The van der Waals surface area contributed by atoms with Crippen molar-refractivity contribution < 1.29 is 0 Å². The Bertz CT molecular complexity index is 622. The first-order valence-corrected chi connectivity index (χ1v) is 8.48. The van der Waals surface area contributed by atoms with E-state index in [1.54, 1.807) is 0 Å². The van der Waals surface area contributed by atoms with Gasteiger partial charge in [0.05, 0.1) is 0 Å². The van der Waals surface area contributed by atoms with Crippen LogP contribution in [0.4, 0.5) is 5.95 Å². The zero-order valence-corrected chi connectivity index (χ0v) is 14.8. The maximum Gasteiger partial charge on any atom is 0.225 e. The summed E-state index contributed by atoms with van der Waals surface area (Å²) in [5.41, 5.74) is 2.40. The minimum Gasteiger partial charge on any atom is -0.338 e. The molecule has 2 aromatic rings. The van der Waals surface area contributed by atoms with Crippen molar-refractivity contribution in [2.24, 2.45) is 0 Å². The van der Waals surface area contributed by atoms with Gasteiger partial charge in [0.25, 0.3) is 0 Å². The summed E-state index contributed by atoms with van der Waals surface area (Å²) in [5, 5.41) is 0. The molecule has 1 saturated heterocycles. The lowest BCUT2D eigenvalue weighted by molar-refractivity contribution is 0.252. The van der Waals surface area contributed by atoms with Crippen LogP contribution in [0.3, 0.4) is 0 Å². The van der Waals surface area contributed by atoms with E-state index in [2.05, 4.69) is 62.8 Å². The van der Waals surface area contributed by atoms with E-state index in [1.165, 1.54) is 5.56 Å². The molecular weight excluding hydrogens is 300 g/mol. The van der Waals surface area contributed by atoms with Crippen molar-refractivity contribution in [3.8, 4) is 0 Å². The van der Waals surface area contributed by atoms with Crippen molar-refractivity contribution in [3.05, 3.63) is 48.0 Å². The van der Waals surface area contributed by atoms with E-state index in [0.29, 0.717) is 6.04 Å². The minimum atomic E-state index is 0.324. The Kier molecular flexibility index (Phi) is 5.37. The fourth-order valence-corrected chi connectivity index (χ4v) is 2.92. The molecule has 0 N–H and O–H groups in total. The normalized spacial score (nSPS) is 17.2. The molecule has 0 aliphatic carbocycles. The first kappa shape index (κ1) is 16.8. The van der Waals surface area contributed by atoms with Gasteiger partial charge in [-0.25, -0.2) is 9.97 Å². The number of hydrogen-bond acceptors (Lipinski definition) is 6. The van der Waals surface area contributed by atoms with Crippen LogP contribution in [0.15, 0.2) is 36.9 Å². The monoisotopic (exact) mass is 326 g/mol. The van der Waals surface area contributed by atoms with Gasteiger partial charge in [-0.3, -0.25) is 9.88 Å². The number of rotatable bonds is 5. The van der Waals surface area contributed by atoms with Gasteiger partial charge in [-0.15, -0.1) is 0 Å². The van der Waals surface area contributed by atoms with Gasteiger partial charge in [0.15, 0.2) is 0 Å². The van der Waals surface area contributed by atoms with E-state index in [0.717, 1.165) is 44.2 Å². The van der Waals surface area contributed by atoms with Gasteiger partial charge in [-0.05, 0) is 38.7 Å². The standard InChI is InChI=1S/C18H26N6/c1-15(17-4-6-19-7-5-17)23(3)14-16-12-20-18(21-13-16)24-10-8-22(2)9-11-24/h4-7,12-13,15H,8-11,14H2,1-3H3. The van der Waals surface area contributed by atoms with Crippen molar-refractivity contribution in [2.45, 2.75) is 19.5 Å². The summed E-state index contributed by atoms with van der Waals surface area (Å²) in [6, 6.07) is 4.45. The average molecular weight is 326 g/mol. The fourth-order valence-electron chi connectivity index (χ4n) is 2.92. The van der Waals surface area contributed by atoms with E-state index in [9.17, 15) is 0 Å². The second-order valence-electron chi connectivity index (χ2n) is 6.55. The molecule has 2 aromatic heterocycles. The summed E-state index contributed by atoms with van der Waals surface area (Å²) >= 11 is 0. The summed E-state index contributed by atoms with van der Waals surface area (Å²) in [5.74, 6) is 0.844. The predicted octanol–water partition coefficient (Wildman–Crippen LogP) is 1.82. The van der Waals surface area contributed by atoms with Gasteiger partial charge in [0, 0.05) is 69.1 Å². The largest absolute Gasteiger partial charge is 0.338 e. The molecule has 1 aliphatic heterocycles. The van der Waals surface area contributed by atoms with Crippen LogP contribution in [-0.4, -0.2) is 65.0 Å². The summed E-state index contributed by atoms with van der Waals surface area (Å²) in [6.45, 7) is 7.15. The Morgan fingerprint density at radius 1 is 1.08 bits per heavy atom. The molecular formula is C18H26N6. The van der Waals surface area contributed by atoms with Crippen LogP contribution >= 0.6 is 0 Å². The molecule has 0 aromatic carbocycles. The Labute approximate surface area is 144 Å². The van der Waals surface area contributed by atoms with Crippen LogP contribution in [0.1, 0.15) is 24.1 Å². The lowest BCUT2D eigenvalue weighted by Crippen LogP contribution is -2.45. The third-order valence-corrected chi connectivity index (χ3v) is 4.76. The molecule has 6 heteroatoms. The SMILES string of the molecule is CC(c1ccncc1)N(C)Cc1cnc(N2CCN(C)CC2)nc1. The van der Waals surface area contributed by atoms with Crippen LogP contribution in [0.5, 0.6) is 0 Å². The first-order chi connectivity index (χ1) is 11.6. The Hall–Kier alpha value is -2.05. The lowest BCUT2D eigenvalue weighted by atomic mass is 10.1. The molecule has 0 spiro atoms. The van der Waals surface area contributed by atoms with Crippen LogP contribution in [0.2, 0.25) is 0 Å². The average Bonchev–Trinajstić information content (AvgIpc) is 2.63. The van der Waals surface area contributed by atoms with Crippen molar-refractivity contribution in [3.63, 3.8) is 0 Å². The van der Waals surface area contributed by atoms with Crippen LogP contribution in [0, 0.1) is 0 Å². The van der Waals surface area contributed by atoms with Crippen LogP contribution in [0.25, 0.3) is 0 Å². The van der Waals surface area contributed by atoms with Gasteiger partial charge in [0.2, 0.25) is 5.95 Å². The van der Waals surface area contributed by atoms with Crippen molar-refractivity contribution >= 4 is 5.95 Å². The third-order valence-electron chi connectivity index (χ3n) is 4.76. The number of anilines is 1. The van der Waals surface area contributed by atoms with Gasteiger partial charge in [-0.1, -0.05) is 0 Å². The molecule has 0 bridgehead atoms. The zero-order chi connectivity index (χ0) is 16.9. The molecule has 1 atom stereocenters. The molecule has 1 unspecified atom stereocenters. The zero-order valence-electron chi connectivity index (χ0n) is 14.8. The highest BCUT2D eigenvalue weighted by molar-refractivity contribution is 5.30. The van der Waals surface area contributed by atoms with Crippen LogP contribution < -0.4 is 4.90 Å². The molecule has 1 fully saturated rings. The van der Waals surface area contributed by atoms with Crippen LogP contribution in [-0.2, 0) is 6.54 Å². The maximum absolute atomic E-state index is 4.57. The summed E-state index contributed by atoms with van der Waals surface area (Å²) in [7, 11) is 4.28. The molecule has 6 nitrogen and oxygen atoms in total. The van der Waals surface area contributed by atoms with Crippen molar-refractivity contribution in [1.82, 2.24) is 24.8 Å². The third kappa shape index (κ3) is 4.07. The number of aromatic nitrogens is 3. The summed E-state index contributed by atoms with van der Waals surface area (Å²) < 4.78 is 0. The summed E-state index contributed by atoms with van der Waals surface area (Å²) in [4.78, 5) is 20.1. The van der Waals surface area contributed by atoms with E-state index < -0.39 is 0 Å². The minimum absolute atomic E-state index is 0.324. The first-order valence-electron chi connectivity index (χ1n) is 8.48. The fraction of sp³-hybridized carbons (Fsp3) is 0.500.